The molecule has 0 aliphatic heterocycles. The molecule has 0 aliphatic rings. The van der Waals surface area contributed by atoms with Gasteiger partial charge in [-0.05, 0) is 44.9 Å². The molecule has 34 heavy (non-hydrogen) atoms. The first-order chi connectivity index (χ1) is 16.2. The quantitative estimate of drug-likeness (QED) is 0.392. The van der Waals surface area contributed by atoms with Crippen molar-refractivity contribution in [2.75, 3.05) is 23.8 Å². The molecule has 3 aromatic heterocycles. The van der Waals surface area contributed by atoms with Gasteiger partial charge in [0.05, 0.1) is 18.8 Å². The fourth-order valence-corrected chi connectivity index (χ4v) is 4.35. The van der Waals surface area contributed by atoms with Crippen molar-refractivity contribution in [2.24, 2.45) is 0 Å². The Labute approximate surface area is 204 Å². The van der Waals surface area contributed by atoms with Gasteiger partial charge in [0.1, 0.15) is 5.69 Å². The Bertz CT molecular complexity index is 1260. The van der Waals surface area contributed by atoms with Gasteiger partial charge in [-0.25, -0.2) is 4.98 Å². The van der Waals surface area contributed by atoms with E-state index in [1.807, 2.05) is 34.7 Å². The van der Waals surface area contributed by atoms with Crippen LogP contribution in [0.2, 0.25) is 0 Å². The molecule has 0 unspecified atom stereocenters. The molecule has 178 valence electrons. The highest BCUT2D eigenvalue weighted by Crippen LogP contribution is 2.34. The molecule has 1 aromatic carbocycles. The molecule has 0 bridgehead atoms. The number of carbonyl (C=O) groups excluding carboxylic acids is 1. The lowest BCUT2D eigenvalue weighted by molar-refractivity contribution is -0.119. The summed E-state index contributed by atoms with van der Waals surface area (Å²) in [6.07, 6.45) is 2.72. The number of carbonyl (C=O) groups is 1. The molecule has 8 nitrogen and oxygen atoms in total. The van der Waals surface area contributed by atoms with E-state index >= 15 is 0 Å². The SMILES string of the molecule is CCc1ccc(-c2nc3sc(N(C)CC(=O)NCc4ccccn4)nn3c2NC(C)(C)C)cc1. The second-order valence-corrected chi connectivity index (χ2v) is 10.2. The van der Waals surface area contributed by atoms with Crippen LogP contribution in [0.25, 0.3) is 16.2 Å². The summed E-state index contributed by atoms with van der Waals surface area (Å²) in [5.41, 5.74) is 3.86. The van der Waals surface area contributed by atoms with Crippen molar-refractivity contribution in [1.29, 1.82) is 0 Å². The third-order valence-electron chi connectivity index (χ3n) is 5.22. The summed E-state index contributed by atoms with van der Waals surface area (Å²) < 4.78 is 1.84. The van der Waals surface area contributed by atoms with Gasteiger partial charge in [-0.15, -0.1) is 5.10 Å². The molecule has 0 saturated heterocycles. The largest absolute Gasteiger partial charge is 0.364 e. The highest BCUT2D eigenvalue weighted by molar-refractivity contribution is 7.20. The van der Waals surface area contributed by atoms with Crippen molar-refractivity contribution in [3.05, 3.63) is 59.9 Å². The van der Waals surface area contributed by atoms with Crippen LogP contribution < -0.4 is 15.5 Å². The van der Waals surface area contributed by atoms with Gasteiger partial charge in [0.15, 0.2) is 5.82 Å². The molecule has 3 heterocycles. The van der Waals surface area contributed by atoms with Crippen LogP contribution in [0.1, 0.15) is 39.0 Å². The number of pyridine rings is 1. The normalized spacial score (nSPS) is 11.6. The summed E-state index contributed by atoms with van der Waals surface area (Å²) >= 11 is 1.46. The Balaban J connectivity index is 1.55. The fraction of sp³-hybridized carbons (Fsp3) is 0.360. The van der Waals surface area contributed by atoms with Crippen LogP contribution in [0.5, 0.6) is 0 Å². The Morgan fingerprint density at radius 3 is 2.56 bits per heavy atom. The Morgan fingerprint density at radius 1 is 1.15 bits per heavy atom. The Morgan fingerprint density at radius 2 is 1.91 bits per heavy atom. The van der Waals surface area contributed by atoms with Crippen LogP contribution in [0, 0.1) is 0 Å². The molecular formula is C25H31N7OS. The highest BCUT2D eigenvalue weighted by atomic mass is 32.1. The van der Waals surface area contributed by atoms with Crippen molar-refractivity contribution >= 4 is 33.2 Å². The van der Waals surface area contributed by atoms with E-state index in [2.05, 4.69) is 67.6 Å². The van der Waals surface area contributed by atoms with Crippen molar-refractivity contribution in [3.63, 3.8) is 0 Å². The highest BCUT2D eigenvalue weighted by Gasteiger charge is 2.23. The Hall–Kier alpha value is -3.46. The molecule has 2 N–H and O–H groups in total. The number of aromatic nitrogens is 4. The minimum Gasteiger partial charge on any atom is -0.364 e. The first-order valence-electron chi connectivity index (χ1n) is 11.4. The molecule has 0 atom stereocenters. The van der Waals surface area contributed by atoms with Crippen LogP contribution >= 0.6 is 11.3 Å². The number of fused-ring (bicyclic) bond motifs is 1. The van der Waals surface area contributed by atoms with E-state index < -0.39 is 0 Å². The topological polar surface area (TPSA) is 87.5 Å². The molecule has 4 aromatic rings. The summed E-state index contributed by atoms with van der Waals surface area (Å²) in [6, 6.07) is 14.1. The van der Waals surface area contributed by atoms with E-state index in [9.17, 15) is 4.79 Å². The van der Waals surface area contributed by atoms with E-state index in [0.717, 1.165) is 39.3 Å². The molecule has 0 radical (unpaired) electrons. The number of nitrogens with one attached hydrogen (secondary N) is 2. The number of benzene rings is 1. The van der Waals surface area contributed by atoms with Gasteiger partial charge in [0.2, 0.25) is 16.0 Å². The maximum atomic E-state index is 12.5. The number of aryl methyl sites for hydroxylation is 1. The minimum absolute atomic E-state index is 0.0919. The predicted molar refractivity (Wildman–Crippen MR) is 138 cm³/mol. The van der Waals surface area contributed by atoms with Gasteiger partial charge in [-0.2, -0.15) is 4.52 Å². The van der Waals surface area contributed by atoms with Crippen LogP contribution in [-0.2, 0) is 17.8 Å². The fourth-order valence-electron chi connectivity index (χ4n) is 3.49. The van der Waals surface area contributed by atoms with Crippen molar-refractivity contribution in [3.8, 4) is 11.3 Å². The summed E-state index contributed by atoms with van der Waals surface area (Å²) in [4.78, 5) is 24.2. The second kappa shape index (κ2) is 9.80. The lowest BCUT2D eigenvalue weighted by Gasteiger charge is -2.22. The van der Waals surface area contributed by atoms with Gasteiger partial charge < -0.3 is 15.5 Å². The standard InChI is InChI=1S/C25H31N7OS/c1-6-17-10-12-18(13-11-17)21-22(29-25(2,3)4)32-23(28-21)34-24(30-32)31(5)16-20(33)27-15-19-9-7-8-14-26-19/h7-14,29H,6,15-16H2,1-5H3,(H,27,33). The summed E-state index contributed by atoms with van der Waals surface area (Å²) in [6.45, 7) is 9.07. The maximum absolute atomic E-state index is 12.5. The smallest absolute Gasteiger partial charge is 0.239 e. The van der Waals surface area contributed by atoms with Crippen LogP contribution in [0.4, 0.5) is 10.9 Å². The summed E-state index contributed by atoms with van der Waals surface area (Å²) in [5, 5.41) is 12.0. The zero-order valence-corrected chi connectivity index (χ0v) is 21.1. The zero-order chi connectivity index (χ0) is 24.3. The number of nitrogens with zero attached hydrogens (tertiary/aromatic N) is 5. The van der Waals surface area contributed by atoms with Crippen LogP contribution in [-0.4, -0.2) is 44.6 Å². The second-order valence-electron chi connectivity index (χ2n) is 9.27. The van der Waals surface area contributed by atoms with Crippen molar-refractivity contribution < 1.29 is 4.79 Å². The zero-order valence-electron chi connectivity index (χ0n) is 20.3. The summed E-state index contributed by atoms with van der Waals surface area (Å²) in [7, 11) is 1.86. The van der Waals surface area contributed by atoms with Crippen molar-refractivity contribution in [1.82, 2.24) is 24.9 Å². The molecule has 0 saturated carbocycles. The maximum Gasteiger partial charge on any atom is 0.239 e. The third kappa shape index (κ3) is 5.53. The molecule has 1 amide bonds. The molecular weight excluding hydrogens is 446 g/mol. The number of imidazole rings is 1. The lowest BCUT2D eigenvalue weighted by atomic mass is 10.1. The van der Waals surface area contributed by atoms with Gasteiger partial charge in [-0.1, -0.05) is 48.6 Å². The van der Waals surface area contributed by atoms with E-state index in [1.54, 1.807) is 6.20 Å². The lowest BCUT2D eigenvalue weighted by Crippen LogP contribution is -2.35. The number of likely N-dealkylation sites (N-methyl/N-ethyl adjacent to an activating group) is 1. The van der Waals surface area contributed by atoms with Gasteiger partial charge in [0, 0.05) is 24.3 Å². The molecule has 9 heteroatoms. The molecule has 0 aliphatic carbocycles. The van der Waals surface area contributed by atoms with Gasteiger partial charge >= 0.3 is 0 Å². The van der Waals surface area contributed by atoms with Crippen LogP contribution in [0.3, 0.4) is 0 Å². The van der Waals surface area contributed by atoms with E-state index in [1.165, 1.54) is 16.9 Å². The average molecular weight is 478 g/mol. The first-order valence-corrected chi connectivity index (χ1v) is 12.2. The average Bonchev–Trinajstić information content (AvgIpc) is 3.37. The van der Waals surface area contributed by atoms with Gasteiger partial charge in [-0.3, -0.25) is 9.78 Å². The summed E-state index contributed by atoms with van der Waals surface area (Å²) in [5.74, 6) is 0.757. The molecule has 4 rings (SSSR count). The number of rotatable bonds is 8. The van der Waals surface area contributed by atoms with Gasteiger partial charge in [0.25, 0.3) is 0 Å². The van der Waals surface area contributed by atoms with Crippen LogP contribution in [0.15, 0.2) is 48.7 Å². The number of amides is 1. The predicted octanol–water partition coefficient (Wildman–Crippen LogP) is 4.38. The van der Waals surface area contributed by atoms with E-state index in [4.69, 9.17) is 10.1 Å². The number of hydrogen-bond acceptors (Lipinski definition) is 7. The number of anilines is 2. The Kier molecular flexibility index (Phi) is 6.83. The van der Waals surface area contributed by atoms with Crippen molar-refractivity contribution in [2.45, 2.75) is 46.2 Å². The molecule has 0 fully saturated rings. The van der Waals surface area contributed by atoms with E-state index in [0.29, 0.717) is 6.54 Å². The first kappa shape index (κ1) is 23.7. The number of hydrogen-bond donors (Lipinski definition) is 2. The third-order valence-corrected chi connectivity index (χ3v) is 6.24. The minimum atomic E-state index is -0.172. The monoisotopic (exact) mass is 477 g/mol. The van der Waals surface area contributed by atoms with E-state index in [-0.39, 0.29) is 18.0 Å². The molecule has 0 spiro atoms.